The Bertz CT molecular complexity index is 172. The number of nitrogens with one attached hydrogen (secondary N) is 1. The van der Waals surface area contributed by atoms with Crippen molar-refractivity contribution < 1.29 is 0 Å². The van der Waals surface area contributed by atoms with Gasteiger partial charge in [0.25, 0.3) is 0 Å². The van der Waals surface area contributed by atoms with E-state index in [1.807, 2.05) is 0 Å². The van der Waals surface area contributed by atoms with Crippen LogP contribution in [0.4, 0.5) is 0 Å². The summed E-state index contributed by atoms with van der Waals surface area (Å²) in [5, 5.41) is 12.2. The molecule has 0 amide bonds. The van der Waals surface area contributed by atoms with E-state index in [0.717, 1.165) is 12.8 Å². The van der Waals surface area contributed by atoms with Crippen molar-refractivity contribution in [3.8, 4) is 6.07 Å². The van der Waals surface area contributed by atoms with Gasteiger partial charge in [-0.15, -0.1) is 0 Å². The van der Waals surface area contributed by atoms with E-state index in [0.29, 0.717) is 6.04 Å². The molecule has 0 aliphatic heterocycles. The average molecular weight is 136 g/mol. The minimum atomic E-state index is -0.0961. The van der Waals surface area contributed by atoms with Crippen LogP contribution in [0.15, 0.2) is 0 Å². The molecule has 0 heterocycles. The minimum absolute atomic E-state index is 0.0961. The summed E-state index contributed by atoms with van der Waals surface area (Å²) in [6.45, 7) is 0. The first-order chi connectivity index (χ1) is 4.85. The minimum Gasteiger partial charge on any atom is -0.297 e. The number of hydrogen-bond donors (Lipinski definition) is 1. The van der Waals surface area contributed by atoms with Crippen molar-refractivity contribution in [2.75, 3.05) is 0 Å². The maximum atomic E-state index is 8.80. The lowest BCUT2D eigenvalue weighted by Gasteiger charge is -2.36. The predicted octanol–water partition coefficient (Wildman–Crippen LogP) is 1.18. The van der Waals surface area contributed by atoms with Crippen LogP contribution in [0, 0.1) is 11.3 Å². The second kappa shape index (κ2) is 1.96. The number of nitrogens with zero attached hydrogens (tertiary/aromatic N) is 1. The van der Waals surface area contributed by atoms with Gasteiger partial charge in [0.15, 0.2) is 0 Å². The maximum Gasteiger partial charge on any atom is 0.106 e. The average Bonchev–Trinajstić information content (AvgIpc) is 2.62. The van der Waals surface area contributed by atoms with Gasteiger partial charge in [0.2, 0.25) is 0 Å². The Morgan fingerprint density at radius 2 is 2.10 bits per heavy atom. The van der Waals surface area contributed by atoms with Crippen molar-refractivity contribution in [3.05, 3.63) is 0 Å². The summed E-state index contributed by atoms with van der Waals surface area (Å²) >= 11 is 0. The largest absolute Gasteiger partial charge is 0.297 e. The Balaban J connectivity index is 1.92. The van der Waals surface area contributed by atoms with Crippen LogP contribution in [0.3, 0.4) is 0 Å². The fourth-order valence-electron chi connectivity index (χ4n) is 1.44. The fraction of sp³-hybridized carbons (Fsp3) is 0.875. The molecule has 2 rings (SSSR count). The first kappa shape index (κ1) is 6.18. The van der Waals surface area contributed by atoms with Crippen LogP contribution in [0.25, 0.3) is 0 Å². The van der Waals surface area contributed by atoms with E-state index < -0.39 is 0 Å². The Labute approximate surface area is 61.2 Å². The smallest absolute Gasteiger partial charge is 0.106 e. The molecule has 2 heteroatoms. The molecule has 1 N–H and O–H groups in total. The van der Waals surface area contributed by atoms with Gasteiger partial charge in [0.1, 0.15) is 5.54 Å². The normalized spacial score (nSPS) is 28.7. The Morgan fingerprint density at radius 3 is 2.40 bits per heavy atom. The Hall–Kier alpha value is -0.550. The standard InChI is InChI=1S/C8H12N2/c9-6-8(4-1-5-8)10-7-2-3-7/h7,10H,1-5H2. The van der Waals surface area contributed by atoms with Crippen LogP contribution >= 0.6 is 0 Å². The molecule has 2 fully saturated rings. The topological polar surface area (TPSA) is 35.8 Å². The third-order valence-corrected chi connectivity index (χ3v) is 2.48. The van der Waals surface area contributed by atoms with Gasteiger partial charge in [-0.25, -0.2) is 0 Å². The van der Waals surface area contributed by atoms with E-state index in [4.69, 9.17) is 5.26 Å². The van der Waals surface area contributed by atoms with Crippen LogP contribution in [0.2, 0.25) is 0 Å². The molecule has 0 unspecified atom stereocenters. The van der Waals surface area contributed by atoms with Gasteiger partial charge in [-0.05, 0) is 32.1 Å². The van der Waals surface area contributed by atoms with E-state index in [9.17, 15) is 0 Å². The molecular formula is C8H12N2. The molecule has 0 atom stereocenters. The van der Waals surface area contributed by atoms with Gasteiger partial charge in [-0.2, -0.15) is 5.26 Å². The van der Waals surface area contributed by atoms with E-state index in [-0.39, 0.29) is 5.54 Å². The molecule has 2 saturated carbocycles. The van der Waals surface area contributed by atoms with Crippen LogP contribution in [-0.2, 0) is 0 Å². The zero-order valence-electron chi connectivity index (χ0n) is 6.06. The summed E-state index contributed by atoms with van der Waals surface area (Å²) in [5.74, 6) is 0. The summed E-state index contributed by atoms with van der Waals surface area (Å²) in [5.41, 5.74) is -0.0961. The summed E-state index contributed by atoms with van der Waals surface area (Å²) in [6.07, 6.45) is 5.93. The number of nitriles is 1. The van der Waals surface area contributed by atoms with Crippen LogP contribution in [0.5, 0.6) is 0 Å². The van der Waals surface area contributed by atoms with Gasteiger partial charge in [-0.3, -0.25) is 5.32 Å². The van der Waals surface area contributed by atoms with Gasteiger partial charge in [-0.1, -0.05) is 0 Å². The third-order valence-electron chi connectivity index (χ3n) is 2.48. The zero-order chi connectivity index (χ0) is 7.03. The predicted molar refractivity (Wildman–Crippen MR) is 38.4 cm³/mol. The van der Waals surface area contributed by atoms with E-state index in [1.165, 1.54) is 19.3 Å². The quantitative estimate of drug-likeness (QED) is 0.618. The molecule has 0 aromatic heterocycles. The highest BCUT2D eigenvalue weighted by molar-refractivity contribution is 5.14. The molecule has 54 valence electrons. The second-order valence-electron chi connectivity index (χ2n) is 3.47. The SMILES string of the molecule is N#CC1(NC2CC2)CCC1. The van der Waals surface area contributed by atoms with E-state index >= 15 is 0 Å². The van der Waals surface area contributed by atoms with E-state index in [1.54, 1.807) is 0 Å². The Kier molecular flexibility index (Phi) is 1.21. The molecule has 10 heavy (non-hydrogen) atoms. The van der Waals surface area contributed by atoms with Crippen LogP contribution in [-0.4, -0.2) is 11.6 Å². The summed E-state index contributed by atoms with van der Waals surface area (Å²) < 4.78 is 0. The lowest BCUT2D eigenvalue weighted by atomic mass is 9.78. The molecular weight excluding hydrogens is 124 g/mol. The van der Waals surface area contributed by atoms with Crippen molar-refractivity contribution in [1.29, 1.82) is 5.26 Å². The molecule has 0 aromatic carbocycles. The van der Waals surface area contributed by atoms with Crippen molar-refractivity contribution in [3.63, 3.8) is 0 Å². The molecule has 2 aliphatic rings. The molecule has 0 spiro atoms. The van der Waals surface area contributed by atoms with Gasteiger partial charge in [0, 0.05) is 6.04 Å². The van der Waals surface area contributed by atoms with E-state index in [2.05, 4.69) is 11.4 Å². The Morgan fingerprint density at radius 1 is 1.40 bits per heavy atom. The maximum absolute atomic E-state index is 8.80. The zero-order valence-corrected chi connectivity index (χ0v) is 6.06. The third kappa shape index (κ3) is 0.911. The summed E-state index contributed by atoms with van der Waals surface area (Å²) in [7, 11) is 0. The lowest BCUT2D eigenvalue weighted by molar-refractivity contribution is 0.252. The molecule has 0 bridgehead atoms. The van der Waals surface area contributed by atoms with Crippen molar-refractivity contribution in [2.45, 2.75) is 43.7 Å². The second-order valence-corrected chi connectivity index (χ2v) is 3.47. The molecule has 0 radical (unpaired) electrons. The van der Waals surface area contributed by atoms with Crippen molar-refractivity contribution in [1.82, 2.24) is 5.32 Å². The van der Waals surface area contributed by atoms with Gasteiger partial charge < -0.3 is 0 Å². The lowest BCUT2D eigenvalue weighted by Crippen LogP contribution is -2.50. The highest BCUT2D eigenvalue weighted by atomic mass is 15.0. The fourth-order valence-corrected chi connectivity index (χ4v) is 1.44. The number of hydrogen-bond acceptors (Lipinski definition) is 2. The van der Waals surface area contributed by atoms with Crippen LogP contribution in [0.1, 0.15) is 32.1 Å². The van der Waals surface area contributed by atoms with Crippen LogP contribution < -0.4 is 5.32 Å². The molecule has 0 aromatic rings. The highest BCUT2D eigenvalue weighted by Crippen LogP contribution is 2.34. The van der Waals surface area contributed by atoms with Crippen molar-refractivity contribution >= 4 is 0 Å². The molecule has 0 saturated heterocycles. The first-order valence-electron chi connectivity index (χ1n) is 4.04. The number of rotatable bonds is 2. The highest BCUT2D eigenvalue weighted by Gasteiger charge is 2.41. The summed E-state index contributed by atoms with van der Waals surface area (Å²) in [4.78, 5) is 0. The molecule has 2 nitrogen and oxygen atoms in total. The van der Waals surface area contributed by atoms with Gasteiger partial charge in [0.05, 0.1) is 6.07 Å². The van der Waals surface area contributed by atoms with Gasteiger partial charge >= 0.3 is 0 Å². The summed E-state index contributed by atoms with van der Waals surface area (Å²) in [6, 6.07) is 3.06. The first-order valence-corrected chi connectivity index (χ1v) is 4.04. The monoisotopic (exact) mass is 136 g/mol. The van der Waals surface area contributed by atoms with Crippen molar-refractivity contribution in [2.24, 2.45) is 0 Å². The molecule has 2 aliphatic carbocycles.